The molecule has 2 fully saturated rings. The number of piperidine rings is 2. The molecule has 144 valence electrons. The molecule has 0 spiro atoms. The number of methoxy groups -OCH3 is 1. The summed E-state index contributed by atoms with van der Waals surface area (Å²) < 4.78 is 8.76. The van der Waals surface area contributed by atoms with E-state index in [0.29, 0.717) is 11.9 Å². The molecule has 2 saturated heterocycles. The highest BCUT2D eigenvalue weighted by Crippen LogP contribution is 2.38. The van der Waals surface area contributed by atoms with Crippen LogP contribution >= 0.6 is 0 Å². The van der Waals surface area contributed by atoms with E-state index < -0.39 is 11.9 Å². The molecule has 2 aliphatic rings. The lowest BCUT2D eigenvalue weighted by molar-refractivity contribution is -0.135. The van der Waals surface area contributed by atoms with Crippen LogP contribution in [0.4, 0.5) is 0 Å². The van der Waals surface area contributed by atoms with Crippen LogP contribution in [0.5, 0.6) is 5.75 Å². The lowest BCUT2D eigenvalue weighted by atomic mass is 9.88. The van der Waals surface area contributed by atoms with Gasteiger partial charge >= 0.3 is 5.69 Å². The maximum atomic E-state index is 13.1. The highest BCUT2D eigenvalue weighted by Gasteiger charge is 2.33. The predicted molar refractivity (Wildman–Crippen MR) is 100.0 cm³/mol. The molecule has 27 heavy (non-hydrogen) atoms. The molecule has 2 amide bonds. The Hall–Kier alpha value is -2.61. The summed E-state index contributed by atoms with van der Waals surface area (Å²) in [4.78, 5) is 36.9. The summed E-state index contributed by atoms with van der Waals surface area (Å²) >= 11 is 0. The number of hydrogen-bond donors (Lipinski definition) is 2. The summed E-state index contributed by atoms with van der Waals surface area (Å²) in [5, 5.41) is 5.71. The Morgan fingerprint density at radius 2 is 1.85 bits per heavy atom. The number of imidazole rings is 1. The molecule has 2 N–H and O–H groups in total. The molecule has 3 heterocycles. The quantitative estimate of drug-likeness (QED) is 0.777. The van der Waals surface area contributed by atoms with Gasteiger partial charge in [0.1, 0.15) is 11.8 Å². The molecule has 8 heteroatoms. The van der Waals surface area contributed by atoms with Crippen molar-refractivity contribution in [2.24, 2.45) is 7.05 Å². The van der Waals surface area contributed by atoms with E-state index in [1.807, 2.05) is 12.1 Å². The Balaban J connectivity index is 1.93. The van der Waals surface area contributed by atoms with Crippen molar-refractivity contribution in [3.8, 4) is 5.75 Å². The number of ether oxygens (including phenoxy) is 1. The fourth-order valence-corrected chi connectivity index (χ4v) is 4.40. The van der Waals surface area contributed by atoms with Gasteiger partial charge in [0.15, 0.2) is 0 Å². The first-order valence-electron chi connectivity index (χ1n) is 9.35. The number of benzene rings is 1. The van der Waals surface area contributed by atoms with Gasteiger partial charge in [0.25, 0.3) is 0 Å². The highest BCUT2D eigenvalue weighted by molar-refractivity contribution is 6.00. The Labute approximate surface area is 156 Å². The van der Waals surface area contributed by atoms with E-state index in [-0.39, 0.29) is 23.9 Å². The van der Waals surface area contributed by atoms with Crippen molar-refractivity contribution in [3.05, 3.63) is 28.2 Å². The van der Waals surface area contributed by atoms with E-state index in [2.05, 4.69) is 10.6 Å². The Morgan fingerprint density at radius 1 is 1.11 bits per heavy atom. The number of rotatable bonds is 3. The van der Waals surface area contributed by atoms with Crippen molar-refractivity contribution in [1.82, 2.24) is 19.8 Å². The molecule has 0 saturated carbocycles. The van der Waals surface area contributed by atoms with Crippen LogP contribution in [-0.2, 0) is 16.6 Å². The molecule has 1 aromatic heterocycles. The van der Waals surface area contributed by atoms with Crippen LogP contribution in [-0.4, -0.2) is 41.1 Å². The Bertz CT molecular complexity index is 968. The zero-order valence-electron chi connectivity index (χ0n) is 15.6. The molecule has 0 aliphatic carbocycles. The van der Waals surface area contributed by atoms with Crippen molar-refractivity contribution < 1.29 is 14.3 Å². The van der Waals surface area contributed by atoms with Crippen LogP contribution in [0.15, 0.2) is 16.9 Å². The molecule has 1 aromatic carbocycles. The van der Waals surface area contributed by atoms with E-state index in [4.69, 9.17) is 4.74 Å². The van der Waals surface area contributed by atoms with Gasteiger partial charge < -0.3 is 10.1 Å². The maximum absolute atomic E-state index is 13.1. The second kappa shape index (κ2) is 6.84. The first-order chi connectivity index (χ1) is 13.0. The van der Waals surface area contributed by atoms with Gasteiger partial charge in [-0.25, -0.2) is 4.79 Å². The fourth-order valence-electron chi connectivity index (χ4n) is 4.40. The zero-order chi connectivity index (χ0) is 19.1. The number of nitrogens with zero attached hydrogens (tertiary/aromatic N) is 2. The molecule has 1 atom stereocenters. The standard InChI is InChI=1S/C19H24N4O4/c1-22-17-12(23(19(22)26)13-4-6-15(24)21-18(13)25)3-5-14(27-2)16(17)11-7-9-20-10-8-11/h3,5,11,13,20H,4,6-10H2,1-2H3,(H,21,24,25)/t13-/m0/s1. The van der Waals surface area contributed by atoms with Gasteiger partial charge in [0.2, 0.25) is 11.8 Å². The summed E-state index contributed by atoms with van der Waals surface area (Å²) in [7, 11) is 3.37. The van der Waals surface area contributed by atoms with Crippen molar-refractivity contribution in [2.45, 2.75) is 37.6 Å². The van der Waals surface area contributed by atoms with Gasteiger partial charge in [-0.3, -0.25) is 24.0 Å². The van der Waals surface area contributed by atoms with Crippen LogP contribution in [0.1, 0.15) is 43.2 Å². The lowest BCUT2D eigenvalue weighted by Crippen LogP contribution is -2.44. The molecule has 2 aromatic rings. The van der Waals surface area contributed by atoms with Crippen LogP contribution in [0.25, 0.3) is 11.0 Å². The van der Waals surface area contributed by atoms with E-state index in [1.54, 1.807) is 18.7 Å². The summed E-state index contributed by atoms with van der Waals surface area (Å²) in [5.74, 6) is 0.347. The molecular formula is C19H24N4O4. The Morgan fingerprint density at radius 3 is 2.52 bits per heavy atom. The smallest absolute Gasteiger partial charge is 0.329 e. The summed E-state index contributed by atoms with van der Waals surface area (Å²) in [6.45, 7) is 1.85. The second-order valence-corrected chi connectivity index (χ2v) is 7.25. The third kappa shape index (κ3) is 2.84. The predicted octanol–water partition coefficient (Wildman–Crippen LogP) is 0.793. The van der Waals surface area contributed by atoms with Crippen LogP contribution in [0.3, 0.4) is 0 Å². The normalized spacial score (nSPS) is 21.5. The minimum absolute atomic E-state index is 0.233. The van der Waals surface area contributed by atoms with Crippen LogP contribution < -0.4 is 21.1 Å². The maximum Gasteiger partial charge on any atom is 0.329 e. The Kier molecular flexibility index (Phi) is 4.51. The second-order valence-electron chi connectivity index (χ2n) is 7.25. The molecular weight excluding hydrogens is 348 g/mol. The van der Waals surface area contributed by atoms with Crippen molar-refractivity contribution in [1.29, 1.82) is 0 Å². The number of amides is 2. The largest absolute Gasteiger partial charge is 0.496 e. The highest BCUT2D eigenvalue weighted by atomic mass is 16.5. The third-order valence-electron chi connectivity index (χ3n) is 5.73. The number of fused-ring (bicyclic) bond motifs is 1. The van der Waals surface area contributed by atoms with Gasteiger partial charge in [-0.05, 0) is 50.4 Å². The molecule has 2 aliphatic heterocycles. The van der Waals surface area contributed by atoms with Gasteiger partial charge in [0.05, 0.1) is 18.1 Å². The molecule has 0 bridgehead atoms. The van der Waals surface area contributed by atoms with Gasteiger partial charge in [-0.15, -0.1) is 0 Å². The average Bonchev–Trinajstić information content (AvgIpc) is 2.93. The van der Waals surface area contributed by atoms with Crippen molar-refractivity contribution in [3.63, 3.8) is 0 Å². The fraction of sp³-hybridized carbons (Fsp3) is 0.526. The molecule has 0 radical (unpaired) electrons. The van der Waals surface area contributed by atoms with Crippen LogP contribution in [0.2, 0.25) is 0 Å². The first kappa shape index (κ1) is 17.8. The number of imide groups is 1. The van der Waals surface area contributed by atoms with Crippen molar-refractivity contribution >= 4 is 22.8 Å². The number of hydrogen-bond acceptors (Lipinski definition) is 5. The number of carbonyl (C=O) groups excluding carboxylic acids is 2. The SMILES string of the molecule is COc1ccc2c(c1C1CCNCC1)n(C)c(=O)n2[C@H]1CCC(=O)NC1=O. The van der Waals surface area contributed by atoms with E-state index in [9.17, 15) is 14.4 Å². The molecule has 4 rings (SSSR count). The number of aromatic nitrogens is 2. The first-order valence-corrected chi connectivity index (χ1v) is 9.35. The summed E-state index contributed by atoms with van der Waals surface area (Å²) in [6, 6.07) is 3.04. The van der Waals surface area contributed by atoms with E-state index >= 15 is 0 Å². The monoisotopic (exact) mass is 372 g/mol. The minimum Gasteiger partial charge on any atom is -0.496 e. The van der Waals surface area contributed by atoms with Gasteiger partial charge in [-0.2, -0.15) is 0 Å². The van der Waals surface area contributed by atoms with E-state index in [1.165, 1.54) is 4.57 Å². The number of nitrogens with one attached hydrogen (secondary N) is 2. The lowest BCUT2D eigenvalue weighted by Gasteiger charge is -2.26. The third-order valence-corrected chi connectivity index (χ3v) is 5.73. The number of aryl methyl sites for hydroxylation is 1. The average molecular weight is 372 g/mol. The number of carbonyl (C=O) groups is 2. The topological polar surface area (TPSA) is 94.4 Å². The molecule has 0 unspecified atom stereocenters. The minimum atomic E-state index is -0.673. The zero-order valence-corrected chi connectivity index (χ0v) is 15.6. The molecule has 8 nitrogen and oxygen atoms in total. The summed E-state index contributed by atoms with van der Waals surface area (Å²) in [5.41, 5.74) is 2.31. The summed E-state index contributed by atoms with van der Waals surface area (Å²) in [6.07, 6.45) is 2.50. The van der Waals surface area contributed by atoms with Crippen LogP contribution in [0, 0.1) is 0 Å². The van der Waals surface area contributed by atoms with E-state index in [0.717, 1.165) is 42.8 Å². The van der Waals surface area contributed by atoms with Gasteiger partial charge in [0, 0.05) is 19.0 Å². The van der Waals surface area contributed by atoms with Gasteiger partial charge in [-0.1, -0.05) is 0 Å². The van der Waals surface area contributed by atoms with Crippen molar-refractivity contribution in [2.75, 3.05) is 20.2 Å².